The highest BCUT2D eigenvalue weighted by Gasteiger charge is 2.18. The third-order valence-corrected chi connectivity index (χ3v) is 4.08. The van der Waals surface area contributed by atoms with Crippen LogP contribution in [-0.2, 0) is 14.8 Å². The predicted molar refractivity (Wildman–Crippen MR) is 72.3 cm³/mol. The summed E-state index contributed by atoms with van der Waals surface area (Å²) in [5.74, 6) is -0.561. The minimum Gasteiger partial charge on any atom is -0.465 e. The van der Waals surface area contributed by atoms with Crippen molar-refractivity contribution in [3.8, 4) is 0 Å². The van der Waals surface area contributed by atoms with E-state index in [-0.39, 0.29) is 16.1 Å². The zero-order valence-corrected chi connectivity index (χ0v) is 11.8. The molecule has 0 aliphatic heterocycles. The Morgan fingerprint density at radius 1 is 1.42 bits per heavy atom. The fourth-order valence-corrected chi connectivity index (χ4v) is 2.68. The first-order chi connectivity index (χ1) is 8.92. The molecule has 0 saturated carbocycles. The van der Waals surface area contributed by atoms with E-state index in [0.29, 0.717) is 6.54 Å². The van der Waals surface area contributed by atoms with Gasteiger partial charge in [-0.3, -0.25) is 0 Å². The molecule has 0 spiro atoms. The van der Waals surface area contributed by atoms with Crippen LogP contribution in [0.15, 0.2) is 23.1 Å². The summed E-state index contributed by atoms with van der Waals surface area (Å²) in [6, 6.07) is 3.96. The number of rotatable bonds is 6. The Balaban J connectivity index is 2.99. The molecule has 7 heteroatoms. The number of methoxy groups -OCH3 is 1. The Bertz CT molecular complexity index is 555. The van der Waals surface area contributed by atoms with E-state index < -0.39 is 16.0 Å². The van der Waals surface area contributed by atoms with Gasteiger partial charge in [0, 0.05) is 6.54 Å². The van der Waals surface area contributed by atoms with Gasteiger partial charge in [0.25, 0.3) is 0 Å². The van der Waals surface area contributed by atoms with Gasteiger partial charge in [0.05, 0.1) is 18.4 Å². The Labute approximate surface area is 113 Å². The van der Waals surface area contributed by atoms with Crippen molar-refractivity contribution in [2.45, 2.75) is 24.7 Å². The van der Waals surface area contributed by atoms with Crippen LogP contribution in [0.4, 0.5) is 5.69 Å². The molecule has 6 nitrogen and oxygen atoms in total. The monoisotopic (exact) mass is 286 g/mol. The van der Waals surface area contributed by atoms with Gasteiger partial charge in [-0.1, -0.05) is 13.3 Å². The van der Waals surface area contributed by atoms with E-state index in [9.17, 15) is 13.2 Å². The maximum atomic E-state index is 12.0. The number of sulfonamides is 1. The van der Waals surface area contributed by atoms with Crippen molar-refractivity contribution in [3.63, 3.8) is 0 Å². The highest BCUT2D eigenvalue weighted by atomic mass is 32.2. The van der Waals surface area contributed by atoms with Crippen LogP contribution >= 0.6 is 0 Å². The smallest absolute Gasteiger partial charge is 0.337 e. The highest BCUT2D eigenvalue weighted by Crippen LogP contribution is 2.20. The van der Waals surface area contributed by atoms with Crippen molar-refractivity contribution < 1.29 is 17.9 Å². The molecule has 0 aliphatic carbocycles. The molecule has 0 atom stereocenters. The summed E-state index contributed by atoms with van der Waals surface area (Å²) in [5.41, 5.74) is 5.91. The molecular weight excluding hydrogens is 268 g/mol. The van der Waals surface area contributed by atoms with Crippen molar-refractivity contribution in [1.82, 2.24) is 4.72 Å². The minimum absolute atomic E-state index is 0.0203. The van der Waals surface area contributed by atoms with Crippen molar-refractivity contribution in [2.24, 2.45) is 0 Å². The zero-order chi connectivity index (χ0) is 14.5. The molecule has 0 aromatic heterocycles. The number of hydrogen-bond acceptors (Lipinski definition) is 5. The Morgan fingerprint density at radius 3 is 2.63 bits per heavy atom. The van der Waals surface area contributed by atoms with Crippen LogP contribution in [0.25, 0.3) is 0 Å². The normalized spacial score (nSPS) is 11.3. The van der Waals surface area contributed by atoms with Crippen LogP contribution in [-0.4, -0.2) is 28.0 Å². The SMILES string of the molecule is CCCCNS(=O)(=O)c1ccc(C(=O)OC)cc1N. The fourth-order valence-electron chi connectivity index (χ4n) is 1.50. The maximum absolute atomic E-state index is 12.0. The number of hydrogen-bond donors (Lipinski definition) is 2. The number of benzene rings is 1. The van der Waals surface area contributed by atoms with Gasteiger partial charge in [-0.2, -0.15) is 0 Å². The number of unbranched alkanes of at least 4 members (excludes halogenated alkanes) is 1. The Kier molecular flexibility index (Phi) is 5.31. The maximum Gasteiger partial charge on any atom is 0.337 e. The molecule has 0 bridgehead atoms. The number of nitrogens with one attached hydrogen (secondary N) is 1. The van der Waals surface area contributed by atoms with Gasteiger partial charge in [0.15, 0.2) is 0 Å². The summed E-state index contributed by atoms with van der Waals surface area (Å²) in [7, 11) is -2.39. The third-order valence-electron chi connectivity index (χ3n) is 2.54. The van der Waals surface area contributed by atoms with Crippen molar-refractivity contribution in [1.29, 1.82) is 0 Å². The molecule has 3 N–H and O–H groups in total. The van der Waals surface area contributed by atoms with E-state index in [4.69, 9.17) is 5.73 Å². The number of carbonyl (C=O) groups excluding carboxylic acids is 1. The number of carbonyl (C=O) groups is 1. The van der Waals surface area contributed by atoms with E-state index in [1.807, 2.05) is 6.92 Å². The second kappa shape index (κ2) is 6.53. The molecular formula is C12H18N2O4S. The molecule has 1 rings (SSSR count). The molecule has 0 amide bonds. The summed E-state index contributed by atoms with van der Waals surface area (Å²) in [5, 5.41) is 0. The zero-order valence-electron chi connectivity index (χ0n) is 11.0. The van der Waals surface area contributed by atoms with E-state index in [1.165, 1.54) is 25.3 Å². The molecule has 0 aliphatic rings. The second-order valence-electron chi connectivity index (χ2n) is 4.00. The fraction of sp³-hybridized carbons (Fsp3) is 0.417. The van der Waals surface area contributed by atoms with E-state index in [0.717, 1.165) is 12.8 Å². The highest BCUT2D eigenvalue weighted by molar-refractivity contribution is 7.89. The summed E-state index contributed by atoms with van der Waals surface area (Å²) in [6.07, 6.45) is 1.64. The molecule has 0 unspecified atom stereocenters. The standard InChI is InChI=1S/C12H18N2O4S/c1-3-4-7-14-19(16,17)11-6-5-9(8-10(11)13)12(15)18-2/h5-6,8,14H,3-4,7,13H2,1-2H3. The van der Waals surface area contributed by atoms with Gasteiger partial charge >= 0.3 is 5.97 Å². The second-order valence-corrected chi connectivity index (χ2v) is 5.73. The van der Waals surface area contributed by atoms with Gasteiger partial charge in [-0.25, -0.2) is 17.9 Å². The topological polar surface area (TPSA) is 98.5 Å². The molecule has 1 aromatic rings. The third kappa shape index (κ3) is 3.93. The van der Waals surface area contributed by atoms with Crippen molar-refractivity contribution in [3.05, 3.63) is 23.8 Å². The lowest BCUT2D eigenvalue weighted by molar-refractivity contribution is 0.0600. The molecule has 19 heavy (non-hydrogen) atoms. The molecule has 0 saturated heterocycles. The van der Waals surface area contributed by atoms with Crippen LogP contribution < -0.4 is 10.5 Å². The largest absolute Gasteiger partial charge is 0.465 e. The first-order valence-electron chi connectivity index (χ1n) is 5.90. The molecule has 0 fully saturated rings. The lowest BCUT2D eigenvalue weighted by Gasteiger charge is -2.09. The quantitative estimate of drug-likeness (QED) is 0.464. The number of ether oxygens (including phenoxy) is 1. The number of esters is 1. The van der Waals surface area contributed by atoms with Gasteiger partial charge < -0.3 is 10.5 Å². The average Bonchev–Trinajstić information content (AvgIpc) is 2.37. The minimum atomic E-state index is -3.64. The van der Waals surface area contributed by atoms with Crippen LogP contribution in [0.3, 0.4) is 0 Å². The first-order valence-corrected chi connectivity index (χ1v) is 7.38. The molecule has 0 radical (unpaired) electrons. The van der Waals surface area contributed by atoms with E-state index in [2.05, 4.69) is 9.46 Å². The van der Waals surface area contributed by atoms with Gasteiger partial charge in [0.1, 0.15) is 4.90 Å². The van der Waals surface area contributed by atoms with Crippen LogP contribution in [0, 0.1) is 0 Å². The van der Waals surface area contributed by atoms with Crippen LogP contribution in [0.1, 0.15) is 30.1 Å². The molecule has 106 valence electrons. The van der Waals surface area contributed by atoms with Gasteiger partial charge in [-0.05, 0) is 24.6 Å². The summed E-state index contributed by atoms with van der Waals surface area (Å²) < 4.78 is 30.9. The number of nitrogens with two attached hydrogens (primary N) is 1. The average molecular weight is 286 g/mol. The van der Waals surface area contributed by atoms with Crippen LogP contribution in [0.2, 0.25) is 0 Å². The van der Waals surface area contributed by atoms with Crippen LogP contribution in [0.5, 0.6) is 0 Å². The van der Waals surface area contributed by atoms with Gasteiger partial charge in [-0.15, -0.1) is 0 Å². The predicted octanol–water partition coefficient (Wildman–Crippen LogP) is 1.13. The summed E-state index contributed by atoms with van der Waals surface area (Å²) >= 11 is 0. The number of anilines is 1. The van der Waals surface area contributed by atoms with Crippen molar-refractivity contribution >= 4 is 21.7 Å². The van der Waals surface area contributed by atoms with E-state index >= 15 is 0 Å². The Hall–Kier alpha value is -1.60. The molecule has 1 aromatic carbocycles. The van der Waals surface area contributed by atoms with E-state index in [1.54, 1.807) is 0 Å². The number of nitrogen functional groups attached to an aromatic ring is 1. The summed E-state index contributed by atoms with van der Waals surface area (Å²) in [6.45, 7) is 2.32. The lowest BCUT2D eigenvalue weighted by atomic mass is 10.2. The first kappa shape index (κ1) is 15.5. The Morgan fingerprint density at radius 2 is 2.11 bits per heavy atom. The summed E-state index contributed by atoms with van der Waals surface area (Å²) in [4.78, 5) is 11.3. The van der Waals surface area contributed by atoms with Crippen molar-refractivity contribution in [2.75, 3.05) is 19.4 Å². The lowest BCUT2D eigenvalue weighted by Crippen LogP contribution is -2.25. The van der Waals surface area contributed by atoms with Gasteiger partial charge in [0.2, 0.25) is 10.0 Å². The molecule has 0 heterocycles.